The van der Waals surface area contributed by atoms with Crippen molar-refractivity contribution in [2.45, 2.75) is 38.4 Å². The fraction of sp³-hybridized carbons (Fsp3) is 0.538. The summed E-state index contributed by atoms with van der Waals surface area (Å²) in [5, 5.41) is 2.83. The molecule has 94 valence electrons. The van der Waals surface area contributed by atoms with E-state index in [4.69, 9.17) is 0 Å². The number of halogens is 3. The van der Waals surface area contributed by atoms with Gasteiger partial charge in [-0.3, -0.25) is 0 Å². The minimum Gasteiger partial charge on any atom is -0.312 e. The van der Waals surface area contributed by atoms with Gasteiger partial charge in [-0.25, -0.2) is 0 Å². The molecule has 0 aromatic heterocycles. The van der Waals surface area contributed by atoms with Gasteiger partial charge < -0.3 is 5.32 Å². The van der Waals surface area contributed by atoms with Gasteiger partial charge in [0.25, 0.3) is 0 Å². The van der Waals surface area contributed by atoms with E-state index in [2.05, 4.69) is 17.4 Å². The molecule has 0 aliphatic heterocycles. The minimum atomic E-state index is -4.06. The van der Waals surface area contributed by atoms with E-state index >= 15 is 0 Å². The molecule has 2 rings (SSSR count). The zero-order chi connectivity index (χ0) is 12.3. The van der Waals surface area contributed by atoms with E-state index in [0.717, 1.165) is 18.4 Å². The van der Waals surface area contributed by atoms with Crippen LogP contribution in [-0.2, 0) is 19.4 Å². The summed E-state index contributed by atoms with van der Waals surface area (Å²) in [6.07, 6.45) is -1.40. The molecule has 0 heterocycles. The number of hydrogen-bond donors (Lipinski definition) is 1. The summed E-state index contributed by atoms with van der Waals surface area (Å²) in [5.74, 6) is 0. The van der Waals surface area contributed by atoms with E-state index in [0.29, 0.717) is 6.54 Å². The van der Waals surface area contributed by atoms with Crippen LogP contribution >= 0.6 is 0 Å². The van der Waals surface area contributed by atoms with E-state index in [1.807, 2.05) is 6.07 Å². The first-order valence-electron chi connectivity index (χ1n) is 5.93. The van der Waals surface area contributed by atoms with E-state index in [9.17, 15) is 13.2 Å². The number of hydrogen-bond acceptors (Lipinski definition) is 1. The molecule has 0 spiro atoms. The van der Waals surface area contributed by atoms with Crippen LogP contribution in [0.2, 0.25) is 0 Å². The second-order valence-electron chi connectivity index (χ2n) is 4.50. The van der Waals surface area contributed by atoms with Gasteiger partial charge in [0.2, 0.25) is 0 Å². The Morgan fingerprint density at radius 3 is 2.65 bits per heavy atom. The van der Waals surface area contributed by atoms with E-state index in [1.165, 1.54) is 17.5 Å². The molecule has 17 heavy (non-hydrogen) atoms. The molecule has 0 radical (unpaired) electrons. The molecule has 0 unspecified atom stereocenters. The van der Waals surface area contributed by atoms with Crippen LogP contribution in [0.15, 0.2) is 18.2 Å². The van der Waals surface area contributed by atoms with Crippen LogP contribution in [0.3, 0.4) is 0 Å². The fourth-order valence-corrected chi connectivity index (χ4v) is 2.20. The standard InChI is InChI=1S/C13H16F3N/c14-13(15,16)6-7-17-9-10-4-5-11-2-1-3-12(11)8-10/h4-5,8,17H,1-3,6-7,9H2. The van der Waals surface area contributed by atoms with E-state index < -0.39 is 12.6 Å². The lowest BCUT2D eigenvalue weighted by Crippen LogP contribution is -2.21. The van der Waals surface area contributed by atoms with Gasteiger partial charge in [0.1, 0.15) is 0 Å². The topological polar surface area (TPSA) is 12.0 Å². The lowest BCUT2D eigenvalue weighted by Gasteiger charge is -2.09. The van der Waals surface area contributed by atoms with Crippen molar-refractivity contribution >= 4 is 0 Å². The third kappa shape index (κ3) is 3.73. The van der Waals surface area contributed by atoms with Crippen molar-refractivity contribution in [2.75, 3.05) is 6.54 Å². The third-order valence-corrected chi connectivity index (χ3v) is 3.08. The highest BCUT2D eigenvalue weighted by Crippen LogP contribution is 2.23. The second kappa shape index (κ2) is 5.08. The average molecular weight is 243 g/mol. The summed E-state index contributed by atoms with van der Waals surface area (Å²) in [6, 6.07) is 6.22. The van der Waals surface area contributed by atoms with Crippen LogP contribution in [-0.4, -0.2) is 12.7 Å². The van der Waals surface area contributed by atoms with Crippen LogP contribution in [0, 0.1) is 0 Å². The van der Waals surface area contributed by atoms with Gasteiger partial charge in [-0.2, -0.15) is 13.2 Å². The Morgan fingerprint density at radius 1 is 1.12 bits per heavy atom. The Balaban J connectivity index is 1.80. The number of alkyl halides is 3. The highest BCUT2D eigenvalue weighted by molar-refractivity contribution is 5.35. The zero-order valence-corrected chi connectivity index (χ0v) is 9.61. The number of nitrogens with one attached hydrogen (secondary N) is 1. The normalized spacial score (nSPS) is 15.0. The Kier molecular flexibility index (Phi) is 3.72. The second-order valence-corrected chi connectivity index (χ2v) is 4.50. The van der Waals surface area contributed by atoms with Crippen LogP contribution in [0.25, 0.3) is 0 Å². The maximum absolute atomic E-state index is 11.9. The van der Waals surface area contributed by atoms with Crippen LogP contribution < -0.4 is 5.32 Å². The monoisotopic (exact) mass is 243 g/mol. The summed E-state index contributed by atoms with van der Waals surface area (Å²) >= 11 is 0. The lowest BCUT2D eigenvalue weighted by molar-refractivity contribution is -0.133. The van der Waals surface area contributed by atoms with Gasteiger partial charge in [0.15, 0.2) is 0 Å². The average Bonchev–Trinajstić information content (AvgIpc) is 2.70. The zero-order valence-electron chi connectivity index (χ0n) is 9.61. The van der Waals surface area contributed by atoms with Crippen molar-refractivity contribution in [3.8, 4) is 0 Å². The third-order valence-electron chi connectivity index (χ3n) is 3.08. The molecule has 0 saturated heterocycles. The van der Waals surface area contributed by atoms with Gasteiger partial charge in [0, 0.05) is 13.1 Å². The highest BCUT2D eigenvalue weighted by atomic mass is 19.4. The van der Waals surface area contributed by atoms with Crippen molar-refractivity contribution in [3.05, 3.63) is 34.9 Å². The molecule has 1 N–H and O–H groups in total. The Morgan fingerprint density at radius 2 is 1.88 bits per heavy atom. The molecule has 0 fully saturated rings. The number of fused-ring (bicyclic) bond motifs is 1. The molecule has 1 aliphatic rings. The Bertz CT molecular complexity index is 385. The van der Waals surface area contributed by atoms with Gasteiger partial charge >= 0.3 is 6.18 Å². The molecule has 1 aromatic rings. The van der Waals surface area contributed by atoms with Crippen LogP contribution in [0.4, 0.5) is 13.2 Å². The predicted octanol–water partition coefficient (Wildman–Crippen LogP) is 3.22. The first-order valence-corrected chi connectivity index (χ1v) is 5.93. The van der Waals surface area contributed by atoms with Crippen molar-refractivity contribution in [1.82, 2.24) is 5.32 Å². The lowest BCUT2D eigenvalue weighted by atomic mass is 10.1. The number of benzene rings is 1. The van der Waals surface area contributed by atoms with Gasteiger partial charge in [-0.05, 0) is 36.0 Å². The largest absolute Gasteiger partial charge is 0.390 e. The maximum atomic E-state index is 11.9. The van der Waals surface area contributed by atoms with E-state index in [1.54, 1.807) is 0 Å². The van der Waals surface area contributed by atoms with Crippen molar-refractivity contribution < 1.29 is 13.2 Å². The molecular formula is C13H16F3N. The Hall–Kier alpha value is -1.03. The minimum absolute atomic E-state index is 0.0133. The molecule has 1 aromatic carbocycles. The van der Waals surface area contributed by atoms with Gasteiger partial charge in [-0.1, -0.05) is 18.2 Å². The first-order chi connectivity index (χ1) is 8.04. The summed E-state index contributed by atoms with van der Waals surface area (Å²) in [4.78, 5) is 0. The molecule has 0 bridgehead atoms. The van der Waals surface area contributed by atoms with Gasteiger partial charge in [-0.15, -0.1) is 0 Å². The van der Waals surface area contributed by atoms with Crippen LogP contribution in [0.1, 0.15) is 29.5 Å². The molecule has 1 aliphatic carbocycles. The summed E-state index contributed by atoms with van der Waals surface area (Å²) in [7, 11) is 0. The Labute approximate surface area is 99.0 Å². The van der Waals surface area contributed by atoms with Gasteiger partial charge in [0.05, 0.1) is 6.42 Å². The molecule has 0 amide bonds. The quantitative estimate of drug-likeness (QED) is 0.801. The van der Waals surface area contributed by atoms with Crippen molar-refractivity contribution in [3.63, 3.8) is 0 Å². The molecular weight excluding hydrogens is 227 g/mol. The number of aryl methyl sites for hydroxylation is 2. The SMILES string of the molecule is FC(F)(F)CCNCc1ccc2c(c1)CCC2. The smallest absolute Gasteiger partial charge is 0.312 e. The summed E-state index contributed by atoms with van der Waals surface area (Å²) < 4.78 is 35.8. The highest BCUT2D eigenvalue weighted by Gasteiger charge is 2.25. The summed E-state index contributed by atoms with van der Waals surface area (Å²) in [6.45, 7) is 0.504. The fourth-order valence-electron chi connectivity index (χ4n) is 2.20. The molecule has 4 heteroatoms. The number of rotatable bonds is 4. The van der Waals surface area contributed by atoms with Crippen molar-refractivity contribution in [2.24, 2.45) is 0 Å². The maximum Gasteiger partial charge on any atom is 0.390 e. The molecule has 0 saturated carbocycles. The van der Waals surface area contributed by atoms with E-state index in [-0.39, 0.29) is 6.54 Å². The predicted molar refractivity (Wildman–Crippen MR) is 60.8 cm³/mol. The first kappa shape index (κ1) is 12.4. The molecule has 0 atom stereocenters. The molecule has 1 nitrogen and oxygen atoms in total. The van der Waals surface area contributed by atoms with Crippen molar-refractivity contribution in [1.29, 1.82) is 0 Å². The van der Waals surface area contributed by atoms with Crippen LogP contribution in [0.5, 0.6) is 0 Å². The summed E-state index contributed by atoms with van der Waals surface area (Å²) in [5.41, 5.74) is 3.83.